The molecule has 1 aromatic rings. The van der Waals surface area contributed by atoms with Crippen molar-refractivity contribution in [3.63, 3.8) is 0 Å². The zero-order valence-corrected chi connectivity index (χ0v) is 12.9. The average molecular weight is 322 g/mol. The molecule has 0 saturated carbocycles. The summed E-state index contributed by atoms with van der Waals surface area (Å²) in [6, 6.07) is 10.9. The van der Waals surface area contributed by atoms with Gasteiger partial charge in [-0.1, -0.05) is 6.07 Å². The van der Waals surface area contributed by atoms with Crippen molar-refractivity contribution < 1.29 is 14.3 Å². The Morgan fingerprint density at radius 3 is 2.42 bits per heavy atom. The molecule has 0 N–H and O–H groups in total. The molecule has 1 amide bonds. The minimum atomic E-state index is -0.499. The predicted molar refractivity (Wildman–Crippen MR) is 83.2 cm³/mol. The fraction of sp³-hybridized carbons (Fsp3) is 0.294. The van der Waals surface area contributed by atoms with Crippen LogP contribution in [-0.4, -0.2) is 30.7 Å². The van der Waals surface area contributed by atoms with Gasteiger partial charge in [-0.25, -0.2) is 0 Å². The summed E-state index contributed by atoms with van der Waals surface area (Å²) in [5.41, 5.74) is 0.564. The Labute approximate surface area is 139 Å². The summed E-state index contributed by atoms with van der Waals surface area (Å²) in [6.07, 6.45) is 1.73. The molecule has 1 heterocycles. The maximum Gasteiger partial charge on any atom is 0.264 e. The predicted octanol–water partition coefficient (Wildman–Crippen LogP) is 1.98. The number of nitriles is 3. The maximum atomic E-state index is 12.5. The molecule has 0 bridgehead atoms. The van der Waals surface area contributed by atoms with Crippen molar-refractivity contribution in [2.45, 2.75) is 12.8 Å². The van der Waals surface area contributed by atoms with Crippen LogP contribution in [0.3, 0.4) is 0 Å². The Hall–Kier alpha value is -3.50. The largest absolute Gasteiger partial charge is 0.454 e. The fourth-order valence-electron chi connectivity index (χ4n) is 2.17. The van der Waals surface area contributed by atoms with Gasteiger partial charge in [0.2, 0.25) is 6.79 Å². The van der Waals surface area contributed by atoms with Crippen LogP contribution in [0.2, 0.25) is 0 Å². The molecule has 1 aromatic carbocycles. The van der Waals surface area contributed by atoms with E-state index in [0.29, 0.717) is 17.1 Å². The van der Waals surface area contributed by atoms with Crippen LogP contribution in [0.1, 0.15) is 18.4 Å². The van der Waals surface area contributed by atoms with Gasteiger partial charge in [0.1, 0.15) is 11.6 Å². The number of amides is 1. The maximum absolute atomic E-state index is 12.5. The lowest BCUT2D eigenvalue weighted by atomic mass is 10.1. The highest BCUT2D eigenvalue weighted by molar-refractivity contribution is 6.01. The van der Waals surface area contributed by atoms with Crippen molar-refractivity contribution in [3.05, 3.63) is 29.3 Å². The van der Waals surface area contributed by atoms with E-state index >= 15 is 0 Å². The van der Waals surface area contributed by atoms with Crippen LogP contribution in [0.4, 0.5) is 0 Å². The van der Waals surface area contributed by atoms with Crippen LogP contribution in [0, 0.1) is 34.0 Å². The van der Waals surface area contributed by atoms with E-state index in [4.69, 9.17) is 20.0 Å². The van der Waals surface area contributed by atoms with Crippen molar-refractivity contribution >= 4 is 12.0 Å². The molecule has 0 radical (unpaired) electrons. The summed E-state index contributed by atoms with van der Waals surface area (Å²) in [4.78, 5) is 13.8. The van der Waals surface area contributed by atoms with Gasteiger partial charge in [0.25, 0.3) is 5.91 Å². The molecular formula is C17H14N4O3. The molecule has 1 aliphatic rings. The van der Waals surface area contributed by atoms with Crippen LogP contribution in [0.5, 0.6) is 11.5 Å². The quantitative estimate of drug-likeness (QED) is 0.585. The van der Waals surface area contributed by atoms with Crippen LogP contribution in [0.15, 0.2) is 23.8 Å². The van der Waals surface area contributed by atoms with Gasteiger partial charge in [-0.15, -0.1) is 0 Å². The molecule has 1 aliphatic heterocycles. The normalized spacial score (nSPS) is 12.0. The van der Waals surface area contributed by atoms with Crippen LogP contribution < -0.4 is 9.47 Å². The first-order valence-corrected chi connectivity index (χ1v) is 7.24. The minimum absolute atomic E-state index is 0.0651. The Balaban J connectivity index is 2.21. The van der Waals surface area contributed by atoms with Crippen molar-refractivity contribution in [2.24, 2.45) is 0 Å². The number of carbonyl (C=O) groups is 1. The molecule has 0 spiro atoms. The van der Waals surface area contributed by atoms with Gasteiger partial charge in [0.05, 0.1) is 25.0 Å². The molecular weight excluding hydrogens is 308 g/mol. The van der Waals surface area contributed by atoms with Gasteiger partial charge in [0.15, 0.2) is 11.5 Å². The van der Waals surface area contributed by atoms with Crippen molar-refractivity contribution in [1.82, 2.24) is 4.90 Å². The zero-order chi connectivity index (χ0) is 17.4. The first-order valence-electron chi connectivity index (χ1n) is 7.24. The number of hydrogen-bond acceptors (Lipinski definition) is 6. The van der Waals surface area contributed by atoms with Crippen molar-refractivity contribution in [2.75, 3.05) is 19.9 Å². The van der Waals surface area contributed by atoms with E-state index in [0.717, 1.165) is 0 Å². The zero-order valence-electron chi connectivity index (χ0n) is 12.9. The van der Waals surface area contributed by atoms with Gasteiger partial charge >= 0.3 is 0 Å². The third-order valence-electron chi connectivity index (χ3n) is 3.33. The van der Waals surface area contributed by atoms with E-state index in [9.17, 15) is 10.1 Å². The van der Waals surface area contributed by atoms with Gasteiger partial charge in [0, 0.05) is 13.1 Å². The van der Waals surface area contributed by atoms with E-state index in [1.807, 2.05) is 18.2 Å². The van der Waals surface area contributed by atoms with Gasteiger partial charge in [-0.05, 0) is 23.8 Å². The molecule has 0 aliphatic carbocycles. The second-order valence-electron chi connectivity index (χ2n) is 4.89. The number of nitrogens with zero attached hydrogens (tertiary/aromatic N) is 4. The second kappa shape index (κ2) is 8.22. The fourth-order valence-corrected chi connectivity index (χ4v) is 2.17. The first-order chi connectivity index (χ1) is 11.7. The Bertz CT molecular complexity index is 762. The van der Waals surface area contributed by atoms with Gasteiger partial charge in [-0.3, -0.25) is 4.79 Å². The first kappa shape index (κ1) is 16.9. The number of benzene rings is 1. The lowest BCUT2D eigenvalue weighted by molar-refractivity contribution is -0.126. The molecule has 0 unspecified atom stereocenters. The molecule has 0 atom stereocenters. The van der Waals surface area contributed by atoms with Crippen molar-refractivity contribution in [1.29, 1.82) is 15.8 Å². The molecule has 2 rings (SSSR count). The Morgan fingerprint density at radius 2 is 1.79 bits per heavy atom. The Kier molecular flexibility index (Phi) is 5.77. The molecule has 24 heavy (non-hydrogen) atoms. The van der Waals surface area contributed by atoms with E-state index < -0.39 is 5.91 Å². The second-order valence-corrected chi connectivity index (χ2v) is 4.89. The topological polar surface area (TPSA) is 110 Å². The van der Waals surface area contributed by atoms with E-state index in [1.54, 1.807) is 18.2 Å². The average Bonchev–Trinajstić information content (AvgIpc) is 3.07. The number of ether oxygens (including phenoxy) is 2. The van der Waals surface area contributed by atoms with Crippen LogP contribution in [-0.2, 0) is 4.79 Å². The Morgan fingerprint density at radius 1 is 1.12 bits per heavy atom. The third-order valence-corrected chi connectivity index (χ3v) is 3.33. The van der Waals surface area contributed by atoms with Crippen LogP contribution in [0.25, 0.3) is 6.08 Å². The van der Waals surface area contributed by atoms with Gasteiger partial charge < -0.3 is 14.4 Å². The lowest BCUT2D eigenvalue weighted by Crippen LogP contribution is -2.33. The highest BCUT2D eigenvalue weighted by atomic mass is 16.7. The molecule has 120 valence electrons. The van der Waals surface area contributed by atoms with E-state index in [1.165, 1.54) is 11.0 Å². The molecule has 0 fully saturated rings. The summed E-state index contributed by atoms with van der Waals surface area (Å²) in [5.74, 6) is 0.668. The molecule has 7 nitrogen and oxygen atoms in total. The molecule has 7 heteroatoms. The SMILES string of the molecule is N#CCCN(CCC#N)C(=O)/C(C#N)=C\c1ccc2c(c1)OCO2. The summed E-state index contributed by atoms with van der Waals surface area (Å²) in [7, 11) is 0. The van der Waals surface area contributed by atoms with E-state index in [2.05, 4.69) is 0 Å². The number of carbonyl (C=O) groups excluding carboxylic acids is 1. The summed E-state index contributed by atoms with van der Waals surface area (Å²) < 4.78 is 10.5. The molecule has 0 aromatic heterocycles. The standard InChI is InChI=1S/C17H14N4O3/c18-5-1-7-21(8-2-6-19)17(22)14(11-20)9-13-3-4-15-16(10-13)24-12-23-15/h3-4,9-10H,1-2,7-8,12H2/b14-9-. The number of hydrogen-bond donors (Lipinski definition) is 0. The summed E-state index contributed by atoms with van der Waals surface area (Å²) in [6.45, 7) is 0.497. The lowest BCUT2D eigenvalue weighted by Gasteiger charge is -2.19. The highest BCUT2D eigenvalue weighted by Gasteiger charge is 2.19. The monoisotopic (exact) mass is 322 g/mol. The smallest absolute Gasteiger partial charge is 0.264 e. The van der Waals surface area contributed by atoms with Crippen LogP contribution >= 0.6 is 0 Å². The minimum Gasteiger partial charge on any atom is -0.454 e. The van der Waals surface area contributed by atoms with Gasteiger partial charge in [-0.2, -0.15) is 15.8 Å². The van der Waals surface area contributed by atoms with E-state index in [-0.39, 0.29) is 38.3 Å². The summed E-state index contributed by atoms with van der Waals surface area (Å²) in [5, 5.41) is 26.7. The third kappa shape index (κ3) is 4.03. The summed E-state index contributed by atoms with van der Waals surface area (Å²) >= 11 is 0. The molecule has 0 saturated heterocycles. The number of rotatable bonds is 6. The van der Waals surface area contributed by atoms with Crippen molar-refractivity contribution in [3.8, 4) is 29.7 Å². The highest BCUT2D eigenvalue weighted by Crippen LogP contribution is 2.33. The number of fused-ring (bicyclic) bond motifs is 1.